The Hall–Kier alpha value is -1.62. The summed E-state index contributed by atoms with van der Waals surface area (Å²) in [6, 6.07) is 5.80. The molecule has 21 heavy (non-hydrogen) atoms. The Morgan fingerprint density at radius 2 is 2.05 bits per heavy atom. The van der Waals surface area contributed by atoms with Gasteiger partial charge >= 0.3 is 0 Å². The van der Waals surface area contributed by atoms with Crippen molar-refractivity contribution in [3.63, 3.8) is 0 Å². The highest BCUT2D eigenvalue weighted by molar-refractivity contribution is 9.10. The fourth-order valence-electron chi connectivity index (χ4n) is 2.10. The molecule has 0 bridgehead atoms. The van der Waals surface area contributed by atoms with Gasteiger partial charge in [0.05, 0.1) is 16.7 Å². The molecule has 0 N–H and O–H groups in total. The molecule has 1 heterocycles. The van der Waals surface area contributed by atoms with E-state index in [0.29, 0.717) is 12.1 Å². The fourth-order valence-corrected chi connectivity index (χ4v) is 2.54. The molecule has 1 aromatic carbocycles. The lowest BCUT2D eigenvalue weighted by atomic mass is 10.1. The van der Waals surface area contributed by atoms with Gasteiger partial charge in [0.15, 0.2) is 0 Å². The second kappa shape index (κ2) is 6.43. The Morgan fingerprint density at radius 3 is 2.62 bits per heavy atom. The smallest absolute Gasteiger partial charge is 0.253 e. The minimum Gasteiger partial charge on any atom is -0.336 e. The van der Waals surface area contributed by atoms with Crippen molar-refractivity contribution in [2.75, 3.05) is 7.05 Å². The number of benzene rings is 1. The van der Waals surface area contributed by atoms with Crippen molar-refractivity contribution in [2.45, 2.75) is 33.9 Å². The van der Waals surface area contributed by atoms with Gasteiger partial charge in [-0.15, -0.1) is 0 Å². The minimum absolute atomic E-state index is 0.0102. The molecule has 0 atom stereocenters. The van der Waals surface area contributed by atoms with Gasteiger partial charge in [-0.05, 0) is 60.0 Å². The first-order valence-electron chi connectivity index (χ1n) is 6.97. The summed E-state index contributed by atoms with van der Waals surface area (Å²) in [5, 5.41) is 4.45. The quantitative estimate of drug-likeness (QED) is 0.846. The molecule has 1 aromatic heterocycles. The number of amides is 1. The third-order valence-electron chi connectivity index (χ3n) is 3.60. The Balaban J connectivity index is 2.15. The average Bonchev–Trinajstić information content (AvgIpc) is 2.81. The number of halogens is 1. The minimum atomic E-state index is 0.0102. The van der Waals surface area contributed by atoms with Gasteiger partial charge in [0.25, 0.3) is 5.91 Å². The number of aromatic nitrogens is 2. The highest BCUT2D eigenvalue weighted by Gasteiger charge is 2.15. The van der Waals surface area contributed by atoms with Crippen molar-refractivity contribution in [2.24, 2.45) is 0 Å². The predicted molar refractivity (Wildman–Crippen MR) is 87.3 cm³/mol. The van der Waals surface area contributed by atoms with Crippen LogP contribution in [0.1, 0.15) is 34.1 Å². The molecule has 4 nitrogen and oxygen atoms in total. The SMILES string of the molecule is CCn1cc(Br)c(CN(C)C(=O)c2ccc(C)c(C)c2)n1. The Labute approximate surface area is 133 Å². The van der Waals surface area contributed by atoms with Crippen molar-refractivity contribution >= 4 is 21.8 Å². The Kier molecular flexibility index (Phi) is 4.83. The summed E-state index contributed by atoms with van der Waals surface area (Å²) in [5.41, 5.74) is 3.91. The lowest BCUT2D eigenvalue weighted by Crippen LogP contribution is -2.26. The number of aryl methyl sites for hydroxylation is 3. The lowest BCUT2D eigenvalue weighted by Gasteiger charge is -2.17. The first-order valence-corrected chi connectivity index (χ1v) is 7.76. The summed E-state index contributed by atoms with van der Waals surface area (Å²) in [4.78, 5) is 14.2. The Morgan fingerprint density at radius 1 is 1.33 bits per heavy atom. The summed E-state index contributed by atoms with van der Waals surface area (Å²) in [6.45, 7) is 7.40. The molecular weight excluding hydrogens is 330 g/mol. The molecule has 0 radical (unpaired) electrons. The third kappa shape index (κ3) is 3.53. The van der Waals surface area contributed by atoms with Crippen LogP contribution in [0.4, 0.5) is 0 Å². The Bertz CT molecular complexity index is 664. The summed E-state index contributed by atoms with van der Waals surface area (Å²) in [5.74, 6) is 0.0102. The van der Waals surface area contributed by atoms with E-state index in [4.69, 9.17) is 0 Å². The lowest BCUT2D eigenvalue weighted by molar-refractivity contribution is 0.0783. The number of nitrogens with zero attached hydrogens (tertiary/aromatic N) is 3. The highest BCUT2D eigenvalue weighted by Crippen LogP contribution is 2.18. The van der Waals surface area contributed by atoms with Gasteiger partial charge in [0, 0.05) is 25.4 Å². The molecule has 0 saturated heterocycles. The number of carbonyl (C=O) groups excluding carboxylic acids is 1. The van der Waals surface area contributed by atoms with Crippen molar-refractivity contribution in [1.82, 2.24) is 14.7 Å². The van der Waals surface area contributed by atoms with Crippen LogP contribution in [0.2, 0.25) is 0 Å². The number of carbonyl (C=O) groups is 1. The van der Waals surface area contributed by atoms with E-state index in [2.05, 4.69) is 21.0 Å². The maximum absolute atomic E-state index is 12.5. The number of rotatable bonds is 4. The maximum Gasteiger partial charge on any atom is 0.253 e. The molecule has 0 aliphatic carbocycles. The zero-order valence-electron chi connectivity index (χ0n) is 12.9. The summed E-state index contributed by atoms with van der Waals surface area (Å²) in [6.07, 6.45) is 1.93. The molecular formula is C16H20BrN3O. The summed E-state index contributed by atoms with van der Waals surface area (Å²) in [7, 11) is 1.80. The van der Waals surface area contributed by atoms with E-state index < -0.39 is 0 Å². The first kappa shape index (κ1) is 15.8. The molecule has 0 aliphatic rings. The topological polar surface area (TPSA) is 38.1 Å². The van der Waals surface area contributed by atoms with Gasteiger partial charge in [-0.3, -0.25) is 9.48 Å². The monoisotopic (exact) mass is 349 g/mol. The second-order valence-electron chi connectivity index (χ2n) is 5.24. The second-order valence-corrected chi connectivity index (χ2v) is 6.09. The molecule has 112 valence electrons. The van der Waals surface area contributed by atoms with Crippen LogP contribution >= 0.6 is 15.9 Å². The van der Waals surface area contributed by atoms with Crippen LogP contribution in [-0.4, -0.2) is 27.6 Å². The van der Waals surface area contributed by atoms with Gasteiger partial charge in [0.1, 0.15) is 0 Å². The van der Waals surface area contributed by atoms with E-state index >= 15 is 0 Å². The maximum atomic E-state index is 12.5. The molecule has 2 rings (SSSR count). The van der Waals surface area contributed by atoms with Gasteiger partial charge in [-0.2, -0.15) is 5.10 Å². The van der Waals surface area contributed by atoms with Crippen LogP contribution in [0.15, 0.2) is 28.9 Å². The summed E-state index contributed by atoms with van der Waals surface area (Å²) < 4.78 is 2.79. The average molecular weight is 350 g/mol. The van der Waals surface area contributed by atoms with Crippen molar-refractivity contribution in [3.05, 3.63) is 51.3 Å². The van der Waals surface area contributed by atoms with Crippen LogP contribution in [0.25, 0.3) is 0 Å². The van der Waals surface area contributed by atoms with E-state index in [-0.39, 0.29) is 5.91 Å². The largest absolute Gasteiger partial charge is 0.336 e. The summed E-state index contributed by atoms with van der Waals surface area (Å²) >= 11 is 3.49. The van der Waals surface area contributed by atoms with Crippen LogP contribution in [-0.2, 0) is 13.1 Å². The van der Waals surface area contributed by atoms with Crippen molar-refractivity contribution in [3.8, 4) is 0 Å². The van der Waals surface area contributed by atoms with Crippen LogP contribution in [0.3, 0.4) is 0 Å². The number of hydrogen-bond acceptors (Lipinski definition) is 2. The third-order valence-corrected chi connectivity index (χ3v) is 4.26. The van der Waals surface area contributed by atoms with Crippen LogP contribution < -0.4 is 0 Å². The van der Waals surface area contributed by atoms with E-state index in [1.807, 2.05) is 49.8 Å². The normalized spacial score (nSPS) is 10.7. The zero-order valence-corrected chi connectivity index (χ0v) is 14.4. The standard InChI is InChI=1S/C16H20BrN3O/c1-5-20-9-14(17)15(18-20)10-19(4)16(21)13-7-6-11(2)12(3)8-13/h6-9H,5,10H2,1-4H3. The van der Waals surface area contributed by atoms with Gasteiger partial charge in [0.2, 0.25) is 0 Å². The molecule has 2 aromatic rings. The van der Waals surface area contributed by atoms with Gasteiger partial charge < -0.3 is 4.90 Å². The highest BCUT2D eigenvalue weighted by atomic mass is 79.9. The predicted octanol–water partition coefficient (Wildman–Crippen LogP) is 3.55. The van der Waals surface area contributed by atoms with Gasteiger partial charge in [-0.25, -0.2) is 0 Å². The van der Waals surface area contributed by atoms with Crippen LogP contribution in [0.5, 0.6) is 0 Å². The van der Waals surface area contributed by atoms with E-state index in [9.17, 15) is 4.79 Å². The molecule has 5 heteroatoms. The fraction of sp³-hybridized carbons (Fsp3) is 0.375. The van der Waals surface area contributed by atoms with Crippen LogP contribution in [0, 0.1) is 13.8 Å². The zero-order chi connectivity index (χ0) is 15.6. The molecule has 0 aliphatic heterocycles. The van der Waals surface area contributed by atoms with E-state index in [0.717, 1.165) is 22.3 Å². The molecule has 0 unspecified atom stereocenters. The number of hydrogen-bond donors (Lipinski definition) is 0. The van der Waals surface area contributed by atoms with Gasteiger partial charge in [-0.1, -0.05) is 6.07 Å². The van der Waals surface area contributed by atoms with Crippen molar-refractivity contribution in [1.29, 1.82) is 0 Å². The first-order chi connectivity index (χ1) is 9.92. The molecule has 0 saturated carbocycles. The molecule has 0 spiro atoms. The van der Waals surface area contributed by atoms with Crippen molar-refractivity contribution < 1.29 is 4.79 Å². The molecule has 1 amide bonds. The molecule has 0 fully saturated rings. The van der Waals surface area contributed by atoms with E-state index in [1.54, 1.807) is 11.9 Å². The van der Waals surface area contributed by atoms with E-state index in [1.165, 1.54) is 5.56 Å².